The number of nitrogens with one attached hydrogen (secondary N) is 1. The van der Waals surface area contributed by atoms with Gasteiger partial charge in [-0.2, -0.15) is 0 Å². The van der Waals surface area contributed by atoms with E-state index in [1.165, 1.54) is 0 Å². The molecule has 0 unspecified atom stereocenters. The maximum Gasteiger partial charge on any atom is 0.255 e. The Balaban J connectivity index is 2.22. The lowest BCUT2D eigenvalue weighted by Crippen LogP contribution is -2.12. The van der Waals surface area contributed by atoms with Gasteiger partial charge in [-0.1, -0.05) is 29.8 Å². The van der Waals surface area contributed by atoms with Crippen molar-refractivity contribution in [2.45, 2.75) is 4.90 Å². The molecular weight excluding hydrogens is 266 g/mol. The van der Waals surface area contributed by atoms with Gasteiger partial charge in [0.2, 0.25) is 0 Å². The van der Waals surface area contributed by atoms with Crippen molar-refractivity contribution in [3.8, 4) is 0 Å². The molecular formula is C14H12ClNOS. The van der Waals surface area contributed by atoms with E-state index in [2.05, 4.69) is 5.32 Å². The molecule has 2 aromatic rings. The number of benzene rings is 2. The number of hydrogen-bond acceptors (Lipinski definition) is 2. The molecule has 1 N–H and O–H groups in total. The predicted octanol–water partition coefficient (Wildman–Crippen LogP) is 4.31. The highest BCUT2D eigenvalue weighted by Crippen LogP contribution is 2.28. The topological polar surface area (TPSA) is 29.1 Å². The van der Waals surface area contributed by atoms with Crippen molar-refractivity contribution in [3.05, 3.63) is 59.1 Å². The van der Waals surface area contributed by atoms with Gasteiger partial charge >= 0.3 is 0 Å². The standard InChI is InChI=1S/C14H12ClNOS/c1-18-13-9-11(15)7-8-12(13)16-14(17)10-5-3-2-4-6-10/h2-9H,1H3,(H,16,17). The smallest absolute Gasteiger partial charge is 0.255 e. The SMILES string of the molecule is CSc1cc(Cl)ccc1NC(=O)c1ccccc1. The van der Waals surface area contributed by atoms with Crippen molar-refractivity contribution in [2.75, 3.05) is 11.6 Å². The Labute approximate surface area is 115 Å². The van der Waals surface area contributed by atoms with Crippen LogP contribution < -0.4 is 5.32 Å². The average molecular weight is 278 g/mol. The van der Waals surface area contributed by atoms with E-state index in [-0.39, 0.29) is 5.91 Å². The van der Waals surface area contributed by atoms with Crippen LogP contribution in [0.15, 0.2) is 53.4 Å². The molecule has 0 bridgehead atoms. The molecule has 0 radical (unpaired) electrons. The zero-order valence-electron chi connectivity index (χ0n) is 9.81. The van der Waals surface area contributed by atoms with Crippen molar-refractivity contribution in [1.29, 1.82) is 0 Å². The van der Waals surface area contributed by atoms with Gasteiger partial charge in [-0.05, 0) is 36.6 Å². The minimum Gasteiger partial charge on any atom is -0.321 e. The Morgan fingerprint density at radius 3 is 2.56 bits per heavy atom. The van der Waals surface area contributed by atoms with Crippen molar-refractivity contribution in [1.82, 2.24) is 0 Å². The number of amides is 1. The van der Waals surface area contributed by atoms with Crippen LogP contribution in [0.4, 0.5) is 5.69 Å². The van der Waals surface area contributed by atoms with E-state index in [1.54, 1.807) is 30.0 Å². The molecule has 0 heterocycles. The maximum absolute atomic E-state index is 12.0. The molecule has 4 heteroatoms. The number of rotatable bonds is 3. The van der Waals surface area contributed by atoms with Crippen LogP contribution in [0.5, 0.6) is 0 Å². The molecule has 18 heavy (non-hydrogen) atoms. The van der Waals surface area contributed by atoms with Crippen molar-refractivity contribution < 1.29 is 4.79 Å². The Bertz CT molecular complexity index is 557. The molecule has 0 saturated heterocycles. The highest BCUT2D eigenvalue weighted by Gasteiger charge is 2.08. The summed E-state index contributed by atoms with van der Waals surface area (Å²) in [6, 6.07) is 14.5. The number of anilines is 1. The molecule has 2 aromatic carbocycles. The molecule has 0 saturated carbocycles. The van der Waals surface area contributed by atoms with Gasteiger partial charge in [0.25, 0.3) is 5.91 Å². The van der Waals surface area contributed by atoms with Crippen LogP contribution in [0.25, 0.3) is 0 Å². The summed E-state index contributed by atoms with van der Waals surface area (Å²) in [5.41, 5.74) is 1.42. The van der Waals surface area contributed by atoms with Gasteiger partial charge in [0, 0.05) is 15.5 Å². The second kappa shape index (κ2) is 5.94. The van der Waals surface area contributed by atoms with Gasteiger partial charge in [-0.25, -0.2) is 0 Å². The van der Waals surface area contributed by atoms with Crippen LogP contribution >= 0.6 is 23.4 Å². The Morgan fingerprint density at radius 2 is 1.89 bits per heavy atom. The molecule has 0 fully saturated rings. The summed E-state index contributed by atoms with van der Waals surface area (Å²) in [4.78, 5) is 13.0. The first-order chi connectivity index (χ1) is 8.70. The van der Waals surface area contributed by atoms with E-state index in [4.69, 9.17) is 11.6 Å². The van der Waals surface area contributed by atoms with Crippen LogP contribution in [-0.2, 0) is 0 Å². The first-order valence-electron chi connectivity index (χ1n) is 5.40. The minimum atomic E-state index is -0.117. The molecule has 0 atom stereocenters. The summed E-state index contributed by atoms with van der Waals surface area (Å²) in [6.45, 7) is 0. The minimum absolute atomic E-state index is 0.117. The normalized spacial score (nSPS) is 10.1. The quantitative estimate of drug-likeness (QED) is 0.847. The molecule has 0 aliphatic rings. The summed E-state index contributed by atoms with van der Waals surface area (Å²) >= 11 is 7.47. The monoisotopic (exact) mass is 277 g/mol. The third kappa shape index (κ3) is 3.06. The van der Waals surface area contributed by atoms with Crippen molar-refractivity contribution >= 4 is 35.0 Å². The molecule has 2 rings (SSSR count). The largest absolute Gasteiger partial charge is 0.321 e. The average Bonchev–Trinajstić information content (AvgIpc) is 2.41. The summed E-state index contributed by atoms with van der Waals surface area (Å²) in [7, 11) is 0. The van der Waals surface area contributed by atoms with Crippen LogP contribution in [0.3, 0.4) is 0 Å². The van der Waals surface area contributed by atoms with Gasteiger partial charge in [-0.3, -0.25) is 4.79 Å². The second-order valence-electron chi connectivity index (χ2n) is 3.66. The summed E-state index contributed by atoms with van der Waals surface area (Å²) in [5, 5.41) is 3.55. The highest BCUT2D eigenvalue weighted by atomic mass is 35.5. The van der Waals surface area contributed by atoms with Crippen molar-refractivity contribution in [2.24, 2.45) is 0 Å². The Hall–Kier alpha value is -1.45. The second-order valence-corrected chi connectivity index (χ2v) is 4.95. The number of hydrogen-bond donors (Lipinski definition) is 1. The molecule has 0 aliphatic heterocycles. The Morgan fingerprint density at radius 1 is 1.17 bits per heavy atom. The maximum atomic E-state index is 12.0. The fraction of sp³-hybridized carbons (Fsp3) is 0.0714. The lowest BCUT2D eigenvalue weighted by atomic mass is 10.2. The van der Waals surface area contributed by atoms with Gasteiger partial charge in [-0.15, -0.1) is 11.8 Å². The number of halogens is 1. The predicted molar refractivity (Wildman–Crippen MR) is 77.6 cm³/mol. The molecule has 0 aliphatic carbocycles. The van der Waals surface area contributed by atoms with Gasteiger partial charge in [0.1, 0.15) is 0 Å². The van der Waals surface area contributed by atoms with Crippen LogP contribution in [-0.4, -0.2) is 12.2 Å². The highest BCUT2D eigenvalue weighted by molar-refractivity contribution is 7.98. The van der Waals surface area contributed by atoms with Gasteiger partial charge < -0.3 is 5.32 Å². The fourth-order valence-corrected chi connectivity index (χ4v) is 2.37. The molecule has 0 aromatic heterocycles. The van der Waals surface area contributed by atoms with Crippen LogP contribution in [0, 0.1) is 0 Å². The van der Waals surface area contributed by atoms with E-state index in [0.717, 1.165) is 10.6 Å². The first kappa shape index (κ1) is 13.0. The van der Waals surface area contributed by atoms with Crippen LogP contribution in [0.2, 0.25) is 5.02 Å². The first-order valence-corrected chi connectivity index (χ1v) is 7.01. The number of carbonyl (C=O) groups is 1. The third-order valence-corrected chi connectivity index (χ3v) is 3.46. The number of thioether (sulfide) groups is 1. The zero-order chi connectivity index (χ0) is 13.0. The summed E-state index contributed by atoms with van der Waals surface area (Å²) in [6.07, 6.45) is 1.95. The zero-order valence-corrected chi connectivity index (χ0v) is 11.4. The van der Waals surface area contributed by atoms with E-state index in [9.17, 15) is 4.79 Å². The van der Waals surface area contributed by atoms with E-state index in [1.807, 2.05) is 36.6 Å². The van der Waals surface area contributed by atoms with Crippen molar-refractivity contribution in [3.63, 3.8) is 0 Å². The van der Waals surface area contributed by atoms with E-state index < -0.39 is 0 Å². The van der Waals surface area contributed by atoms with Gasteiger partial charge in [0.05, 0.1) is 5.69 Å². The lowest BCUT2D eigenvalue weighted by molar-refractivity contribution is 0.102. The van der Waals surface area contributed by atoms with Gasteiger partial charge in [0.15, 0.2) is 0 Å². The third-order valence-electron chi connectivity index (χ3n) is 2.45. The molecule has 0 spiro atoms. The molecule has 92 valence electrons. The summed E-state index contributed by atoms with van der Waals surface area (Å²) in [5.74, 6) is -0.117. The summed E-state index contributed by atoms with van der Waals surface area (Å²) < 4.78 is 0. The lowest BCUT2D eigenvalue weighted by Gasteiger charge is -2.09. The molecule has 1 amide bonds. The van der Waals surface area contributed by atoms with Crippen LogP contribution in [0.1, 0.15) is 10.4 Å². The van der Waals surface area contributed by atoms with E-state index >= 15 is 0 Å². The van der Waals surface area contributed by atoms with E-state index in [0.29, 0.717) is 10.6 Å². The number of carbonyl (C=O) groups excluding carboxylic acids is 1. The Kier molecular flexibility index (Phi) is 4.28. The molecule has 2 nitrogen and oxygen atoms in total. The fourth-order valence-electron chi connectivity index (χ4n) is 1.55.